The molecule has 1 aromatic heterocycles. The molecular formula is C14H19N3O2. The maximum atomic E-state index is 11.5. The summed E-state index contributed by atoms with van der Waals surface area (Å²) < 4.78 is 4.68. The van der Waals surface area contributed by atoms with Gasteiger partial charge in [-0.2, -0.15) is 0 Å². The van der Waals surface area contributed by atoms with Crippen LogP contribution in [0.25, 0.3) is 0 Å². The van der Waals surface area contributed by atoms with Crippen LogP contribution < -0.4 is 5.32 Å². The van der Waals surface area contributed by atoms with E-state index in [1.165, 1.54) is 32.8 Å². The molecule has 0 unspecified atom stereocenters. The molecule has 2 saturated carbocycles. The summed E-state index contributed by atoms with van der Waals surface area (Å²) in [7, 11) is 1.35. The van der Waals surface area contributed by atoms with Gasteiger partial charge in [0.15, 0.2) is 0 Å². The first kappa shape index (κ1) is 12.4. The number of carbonyl (C=O) groups is 1. The zero-order valence-electron chi connectivity index (χ0n) is 11.3. The molecule has 0 amide bonds. The number of carbonyl (C=O) groups excluding carboxylic acids is 1. The van der Waals surface area contributed by atoms with E-state index in [1.807, 2.05) is 13.0 Å². The fourth-order valence-electron chi connectivity index (χ4n) is 2.53. The highest BCUT2D eigenvalue weighted by molar-refractivity contribution is 5.85. The molecule has 5 nitrogen and oxygen atoms in total. The van der Waals surface area contributed by atoms with Crippen molar-refractivity contribution < 1.29 is 9.53 Å². The minimum absolute atomic E-state index is 0.135. The molecule has 1 aromatic rings. The van der Waals surface area contributed by atoms with E-state index in [9.17, 15) is 4.79 Å². The lowest BCUT2D eigenvalue weighted by Gasteiger charge is -2.18. The first-order valence-corrected chi connectivity index (χ1v) is 6.88. The second-order valence-electron chi connectivity index (χ2n) is 5.55. The van der Waals surface area contributed by atoms with Gasteiger partial charge in [0, 0.05) is 17.8 Å². The summed E-state index contributed by atoms with van der Waals surface area (Å²) in [6.45, 7) is 1.86. The first-order valence-electron chi connectivity index (χ1n) is 6.88. The van der Waals surface area contributed by atoms with Crippen LogP contribution in [0, 0.1) is 18.8 Å². The predicted molar refractivity (Wildman–Crippen MR) is 71.0 cm³/mol. The second kappa shape index (κ2) is 4.79. The van der Waals surface area contributed by atoms with Crippen LogP contribution in [0.15, 0.2) is 6.07 Å². The molecule has 0 aromatic carbocycles. The van der Waals surface area contributed by atoms with E-state index in [2.05, 4.69) is 20.0 Å². The molecule has 0 aliphatic heterocycles. The molecule has 1 N–H and O–H groups in total. The number of aromatic nitrogens is 2. The van der Waals surface area contributed by atoms with E-state index in [0.717, 1.165) is 23.3 Å². The van der Waals surface area contributed by atoms with Crippen molar-refractivity contribution in [2.24, 2.45) is 11.8 Å². The van der Waals surface area contributed by atoms with Crippen LogP contribution in [0.3, 0.4) is 0 Å². The number of esters is 1. The topological polar surface area (TPSA) is 64.1 Å². The van der Waals surface area contributed by atoms with Crippen LogP contribution in [-0.2, 0) is 4.74 Å². The summed E-state index contributed by atoms with van der Waals surface area (Å²) in [5, 5.41) is 3.50. The third-order valence-electron chi connectivity index (χ3n) is 3.80. The summed E-state index contributed by atoms with van der Waals surface area (Å²) in [5.74, 6) is 1.96. The highest BCUT2D eigenvalue weighted by Gasteiger charge is 2.41. The Hall–Kier alpha value is -1.65. The van der Waals surface area contributed by atoms with E-state index < -0.39 is 5.97 Å². The quantitative estimate of drug-likeness (QED) is 0.823. The summed E-state index contributed by atoms with van der Waals surface area (Å²) in [5.41, 5.74) is 0.781. The normalized spacial score (nSPS) is 18.5. The molecule has 0 spiro atoms. The van der Waals surface area contributed by atoms with Gasteiger partial charge in [-0.3, -0.25) is 0 Å². The smallest absolute Gasteiger partial charge is 0.376 e. The molecule has 19 heavy (non-hydrogen) atoms. The SMILES string of the molecule is COC(=O)c1nc(C)cc(NC(C2CC2)C2CC2)n1. The lowest BCUT2D eigenvalue weighted by molar-refractivity contribution is 0.0586. The summed E-state index contributed by atoms with van der Waals surface area (Å²) >= 11 is 0. The number of anilines is 1. The average molecular weight is 261 g/mol. The number of nitrogens with zero attached hydrogens (tertiary/aromatic N) is 2. The number of hydrogen-bond donors (Lipinski definition) is 1. The Bertz CT molecular complexity index is 483. The molecule has 0 bridgehead atoms. The van der Waals surface area contributed by atoms with Gasteiger partial charge in [-0.15, -0.1) is 0 Å². The largest absolute Gasteiger partial charge is 0.463 e. The van der Waals surface area contributed by atoms with Gasteiger partial charge in [0.2, 0.25) is 5.82 Å². The van der Waals surface area contributed by atoms with Gasteiger partial charge >= 0.3 is 5.97 Å². The molecule has 3 rings (SSSR count). The van der Waals surface area contributed by atoms with Gasteiger partial charge in [-0.05, 0) is 44.4 Å². The highest BCUT2D eigenvalue weighted by atomic mass is 16.5. The standard InChI is InChI=1S/C14H19N3O2/c1-8-7-11(17-13(15-8)14(18)19-2)16-12(9-3-4-9)10-5-6-10/h7,9-10,12H,3-6H2,1-2H3,(H,15,16,17). The molecular weight excluding hydrogens is 242 g/mol. The lowest BCUT2D eigenvalue weighted by atomic mass is 10.1. The molecule has 0 atom stereocenters. The van der Waals surface area contributed by atoms with Crippen molar-refractivity contribution in [1.82, 2.24) is 9.97 Å². The van der Waals surface area contributed by atoms with Crippen molar-refractivity contribution in [2.75, 3.05) is 12.4 Å². The maximum absolute atomic E-state index is 11.5. The Kier molecular flexibility index (Phi) is 3.12. The van der Waals surface area contributed by atoms with E-state index in [-0.39, 0.29) is 5.82 Å². The number of rotatable bonds is 5. The monoisotopic (exact) mass is 261 g/mol. The third-order valence-corrected chi connectivity index (χ3v) is 3.80. The molecule has 5 heteroatoms. The third kappa shape index (κ3) is 2.85. The van der Waals surface area contributed by atoms with Crippen LogP contribution in [0.4, 0.5) is 5.82 Å². The zero-order valence-corrected chi connectivity index (χ0v) is 11.3. The van der Waals surface area contributed by atoms with Crippen molar-refractivity contribution in [1.29, 1.82) is 0 Å². The van der Waals surface area contributed by atoms with Gasteiger partial charge in [-0.25, -0.2) is 14.8 Å². The Morgan fingerprint density at radius 2 is 1.95 bits per heavy atom. The Morgan fingerprint density at radius 3 is 2.47 bits per heavy atom. The van der Waals surface area contributed by atoms with Gasteiger partial charge in [0.05, 0.1) is 7.11 Å². The van der Waals surface area contributed by atoms with E-state index in [4.69, 9.17) is 0 Å². The van der Waals surface area contributed by atoms with Gasteiger partial charge in [-0.1, -0.05) is 0 Å². The average Bonchev–Trinajstić information content (AvgIpc) is 3.28. The summed E-state index contributed by atoms with van der Waals surface area (Å²) in [6.07, 6.45) is 5.23. The maximum Gasteiger partial charge on any atom is 0.376 e. The predicted octanol–water partition coefficient (Wildman–Crippen LogP) is 2.17. The number of methoxy groups -OCH3 is 1. The molecule has 0 radical (unpaired) electrons. The molecule has 2 fully saturated rings. The van der Waals surface area contributed by atoms with Crippen molar-refractivity contribution in [3.8, 4) is 0 Å². The van der Waals surface area contributed by atoms with Crippen LogP contribution >= 0.6 is 0 Å². The number of hydrogen-bond acceptors (Lipinski definition) is 5. The van der Waals surface area contributed by atoms with Crippen LogP contribution in [0.5, 0.6) is 0 Å². The van der Waals surface area contributed by atoms with Crippen molar-refractivity contribution in [3.05, 3.63) is 17.6 Å². The first-order chi connectivity index (χ1) is 9.17. The fraction of sp³-hybridized carbons (Fsp3) is 0.643. The van der Waals surface area contributed by atoms with Gasteiger partial charge < -0.3 is 10.1 Å². The highest BCUT2D eigenvalue weighted by Crippen LogP contribution is 2.45. The molecule has 1 heterocycles. The Labute approximate surface area is 112 Å². The minimum atomic E-state index is -0.485. The van der Waals surface area contributed by atoms with E-state index >= 15 is 0 Å². The van der Waals surface area contributed by atoms with Crippen molar-refractivity contribution in [3.63, 3.8) is 0 Å². The second-order valence-corrected chi connectivity index (χ2v) is 5.55. The Morgan fingerprint density at radius 1 is 1.32 bits per heavy atom. The fourth-order valence-corrected chi connectivity index (χ4v) is 2.53. The van der Waals surface area contributed by atoms with Gasteiger partial charge in [0.25, 0.3) is 0 Å². The summed E-state index contributed by atoms with van der Waals surface area (Å²) in [6, 6.07) is 2.41. The lowest BCUT2D eigenvalue weighted by Crippen LogP contribution is -2.25. The number of ether oxygens (including phenoxy) is 1. The molecule has 2 aliphatic carbocycles. The molecule has 102 valence electrons. The number of nitrogens with one attached hydrogen (secondary N) is 1. The number of aryl methyl sites for hydroxylation is 1. The molecule has 0 saturated heterocycles. The van der Waals surface area contributed by atoms with Crippen molar-refractivity contribution in [2.45, 2.75) is 38.6 Å². The van der Waals surface area contributed by atoms with Crippen molar-refractivity contribution >= 4 is 11.8 Å². The molecule has 2 aliphatic rings. The Balaban J connectivity index is 1.79. The van der Waals surface area contributed by atoms with Gasteiger partial charge in [0.1, 0.15) is 5.82 Å². The van der Waals surface area contributed by atoms with Crippen LogP contribution in [0.1, 0.15) is 42.0 Å². The van der Waals surface area contributed by atoms with Crippen LogP contribution in [-0.4, -0.2) is 29.1 Å². The van der Waals surface area contributed by atoms with E-state index in [0.29, 0.717) is 6.04 Å². The minimum Gasteiger partial charge on any atom is -0.463 e. The van der Waals surface area contributed by atoms with Crippen LogP contribution in [0.2, 0.25) is 0 Å². The summed E-state index contributed by atoms with van der Waals surface area (Å²) in [4.78, 5) is 19.9. The van der Waals surface area contributed by atoms with E-state index in [1.54, 1.807) is 0 Å². The zero-order chi connectivity index (χ0) is 13.4.